The summed E-state index contributed by atoms with van der Waals surface area (Å²) in [4.78, 5) is 18.1. The number of aliphatic imine (C=N–C) groups is 1. The lowest BCUT2D eigenvalue weighted by Crippen LogP contribution is -2.41. The number of amides is 1. The third-order valence-corrected chi connectivity index (χ3v) is 3.02. The van der Waals surface area contributed by atoms with Crippen molar-refractivity contribution in [3.05, 3.63) is 35.4 Å². The minimum Gasteiger partial charge on any atom is -0.357 e. The standard InChI is InChI=1S/C17H28N4O/c1-6-18-17(20-13(2)3)19-11-10-14-8-7-9-15(12-14)16(22)21(4)5/h7-9,12-13H,6,10-11H2,1-5H3,(H2,18,19,20). The van der Waals surface area contributed by atoms with Gasteiger partial charge < -0.3 is 15.5 Å². The number of rotatable bonds is 6. The van der Waals surface area contributed by atoms with E-state index in [1.807, 2.05) is 31.2 Å². The number of benzene rings is 1. The summed E-state index contributed by atoms with van der Waals surface area (Å²) in [6.45, 7) is 7.74. The molecule has 22 heavy (non-hydrogen) atoms. The van der Waals surface area contributed by atoms with E-state index in [4.69, 9.17) is 0 Å². The quantitative estimate of drug-likeness (QED) is 0.623. The second kappa shape index (κ2) is 9.07. The third-order valence-electron chi connectivity index (χ3n) is 3.02. The molecule has 0 saturated heterocycles. The number of guanidine groups is 1. The molecule has 0 fully saturated rings. The molecule has 0 aliphatic heterocycles. The molecule has 1 rings (SSSR count). The maximum absolute atomic E-state index is 12.0. The monoisotopic (exact) mass is 304 g/mol. The molecule has 1 amide bonds. The smallest absolute Gasteiger partial charge is 0.253 e. The van der Waals surface area contributed by atoms with E-state index >= 15 is 0 Å². The van der Waals surface area contributed by atoms with Crippen molar-refractivity contribution in [2.24, 2.45) is 4.99 Å². The van der Waals surface area contributed by atoms with Gasteiger partial charge in [0.15, 0.2) is 5.96 Å². The molecule has 0 atom stereocenters. The number of hydrogen-bond acceptors (Lipinski definition) is 2. The van der Waals surface area contributed by atoms with Crippen molar-refractivity contribution in [2.45, 2.75) is 33.2 Å². The van der Waals surface area contributed by atoms with Gasteiger partial charge in [0.05, 0.1) is 0 Å². The highest BCUT2D eigenvalue weighted by molar-refractivity contribution is 5.94. The lowest BCUT2D eigenvalue weighted by molar-refractivity contribution is 0.0827. The van der Waals surface area contributed by atoms with Crippen LogP contribution in [0.2, 0.25) is 0 Å². The van der Waals surface area contributed by atoms with E-state index < -0.39 is 0 Å². The summed E-state index contributed by atoms with van der Waals surface area (Å²) in [6.07, 6.45) is 0.809. The second-order valence-corrected chi connectivity index (χ2v) is 5.71. The van der Waals surface area contributed by atoms with Crippen molar-refractivity contribution >= 4 is 11.9 Å². The van der Waals surface area contributed by atoms with Gasteiger partial charge in [0.1, 0.15) is 0 Å². The first-order valence-electron chi connectivity index (χ1n) is 7.79. The Morgan fingerprint density at radius 2 is 2.05 bits per heavy atom. The summed E-state index contributed by atoms with van der Waals surface area (Å²) in [5.41, 5.74) is 1.84. The molecule has 0 aromatic heterocycles. The number of carbonyl (C=O) groups is 1. The van der Waals surface area contributed by atoms with Crippen LogP contribution in [0.5, 0.6) is 0 Å². The third kappa shape index (κ3) is 6.16. The van der Waals surface area contributed by atoms with Crippen molar-refractivity contribution in [2.75, 3.05) is 27.2 Å². The fraction of sp³-hybridized carbons (Fsp3) is 0.529. The molecule has 0 saturated carbocycles. The Morgan fingerprint density at radius 1 is 1.32 bits per heavy atom. The Hall–Kier alpha value is -2.04. The summed E-state index contributed by atoms with van der Waals surface area (Å²) in [5, 5.41) is 6.51. The zero-order valence-corrected chi connectivity index (χ0v) is 14.3. The number of carbonyl (C=O) groups excluding carboxylic acids is 1. The van der Waals surface area contributed by atoms with Gasteiger partial charge >= 0.3 is 0 Å². The van der Waals surface area contributed by atoms with Gasteiger partial charge in [-0.2, -0.15) is 0 Å². The fourth-order valence-electron chi connectivity index (χ4n) is 2.01. The maximum Gasteiger partial charge on any atom is 0.253 e. The van der Waals surface area contributed by atoms with Gasteiger partial charge in [-0.15, -0.1) is 0 Å². The van der Waals surface area contributed by atoms with Crippen molar-refractivity contribution in [1.82, 2.24) is 15.5 Å². The van der Waals surface area contributed by atoms with E-state index in [0.29, 0.717) is 12.6 Å². The number of nitrogens with one attached hydrogen (secondary N) is 2. The van der Waals surface area contributed by atoms with Gasteiger partial charge in [-0.3, -0.25) is 9.79 Å². The Balaban J connectivity index is 2.67. The first kappa shape index (κ1) is 18.0. The normalized spacial score (nSPS) is 11.5. The van der Waals surface area contributed by atoms with Crippen LogP contribution in [-0.4, -0.2) is 50.0 Å². The van der Waals surface area contributed by atoms with Crippen LogP contribution in [0.3, 0.4) is 0 Å². The minimum absolute atomic E-state index is 0.0279. The van der Waals surface area contributed by atoms with Crippen molar-refractivity contribution in [3.8, 4) is 0 Å². The van der Waals surface area contributed by atoms with Crippen LogP contribution in [0.1, 0.15) is 36.7 Å². The molecule has 0 aliphatic carbocycles. The van der Waals surface area contributed by atoms with Crippen LogP contribution in [0.4, 0.5) is 0 Å². The van der Waals surface area contributed by atoms with Crippen LogP contribution in [0.15, 0.2) is 29.3 Å². The van der Waals surface area contributed by atoms with Crippen LogP contribution in [-0.2, 0) is 6.42 Å². The van der Waals surface area contributed by atoms with Crippen LogP contribution < -0.4 is 10.6 Å². The summed E-state index contributed by atoms with van der Waals surface area (Å²) in [5.74, 6) is 0.859. The highest BCUT2D eigenvalue weighted by atomic mass is 16.2. The molecule has 0 heterocycles. The van der Waals surface area contributed by atoms with E-state index in [9.17, 15) is 4.79 Å². The van der Waals surface area contributed by atoms with Crippen LogP contribution in [0, 0.1) is 0 Å². The molecule has 0 radical (unpaired) electrons. The lowest BCUT2D eigenvalue weighted by atomic mass is 10.1. The van der Waals surface area contributed by atoms with Gasteiger partial charge in [0.25, 0.3) is 5.91 Å². The molecule has 1 aromatic rings. The lowest BCUT2D eigenvalue weighted by Gasteiger charge is -2.14. The Bertz CT molecular complexity index is 509. The first-order chi connectivity index (χ1) is 10.4. The molecule has 0 bridgehead atoms. The molecule has 0 aliphatic rings. The van der Waals surface area contributed by atoms with Crippen molar-refractivity contribution in [1.29, 1.82) is 0 Å². The summed E-state index contributed by atoms with van der Waals surface area (Å²) >= 11 is 0. The van der Waals surface area contributed by atoms with Gasteiger partial charge in [0.2, 0.25) is 0 Å². The highest BCUT2D eigenvalue weighted by Crippen LogP contribution is 2.08. The molecular weight excluding hydrogens is 276 g/mol. The molecule has 5 heteroatoms. The first-order valence-corrected chi connectivity index (χ1v) is 7.79. The molecule has 2 N–H and O–H groups in total. The topological polar surface area (TPSA) is 56.7 Å². The molecule has 1 aromatic carbocycles. The number of nitrogens with zero attached hydrogens (tertiary/aromatic N) is 2. The summed E-state index contributed by atoms with van der Waals surface area (Å²) in [7, 11) is 3.53. The van der Waals surface area contributed by atoms with Crippen LogP contribution >= 0.6 is 0 Å². The van der Waals surface area contributed by atoms with E-state index in [1.165, 1.54) is 0 Å². The summed E-state index contributed by atoms with van der Waals surface area (Å²) < 4.78 is 0. The molecule has 5 nitrogen and oxygen atoms in total. The van der Waals surface area contributed by atoms with E-state index in [1.54, 1.807) is 19.0 Å². The predicted molar refractivity (Wildman–Crippen MR) is 92.4 cm³/mol. The largest absolute Gasteiger partial charge is 0.357 e. The SMILES string of the molecule is CCNC(=NCCc1cccc(C(=O)N(C)C)c1)NC(C)C. The minimum atomic E-state index is 0.0279. The average molecular weight is 304 g/mol. The molecule has 0 unspecified atom stereocenters. The van der Waals surface area contributed by atoms with E-state index in [2.05, 4.69) is 29.5 Å². The van der Waals surface area contributed by atoms with Gasteiger partial charge in [-0.25, -0.2) is 0 Å². The summed E-state index contributed by atoms with van der Waals surface area (Å²) in [6, 6.07) is 8.09. The number of hydrogen-bond donors (Lipinski definition) is 2. The Kier molecular flexibility index (Phi) is 7.43. The van der Waals surface area contributed by atoms with Gasteiger partial charge in [-0.1, -0.05) is 12.1 Å². The maximum atomic E-state index is 12.0. The van der Waals surface area contributed by atoms with Crippen molar-refractivity contribution < 1.29 is 4.79 Å². The van der Waals surface area contributed by atoms with Gasteiger partial charge in [-0.05, 0) is 44.9 Å². The van der Waals surface area contributed by atoms with Crippen LogP contribution in [0.25, 0.3) is 0 Å². The Labute approximate surface area is 133 Å². The highest BCUT2D eigenvalue weighted by Gasteiger charge is 2.08. The molecule has 0 spiro atoms. The second-order valence-electron chi connectivity index (χ2n) is 5.71. The van der Waals surface area contributed by atoms with Crippen molar-refractivity contribution in [3.63, 3.8) is 0 Å². The van der Waals surface area contributed by atoms with E-state index in [0.717, 1.165) is 30.1 Å². The molecular formula is C17H28N4O. The average Bonchev–Trinajstić information content (AvgIpc) is 2.46. The zero-order chi connectivity index (χ0) is 16.5. The van der Waals surface area contributed by atoms with Gasteiger partial charge in [0, 0.05) is 38.8 Å². The fourth-order valence-corrected chi connectivity index (χ4v) is 2.01. The zero-order valence-electron chi connectivity index (χ0n) is 14.3. The Morgan fingerprint density at radius 3 is 2.64 bits per heavy atom. The predicted octanol–water partition coefficient (Wildman–Crippen LogP) is 1.89. The molecule has 122 valence electrons. The van der Waals surface area contributed by atoms with E-state index in [-0.39, 0.29) is 5.91 Å².